The molecule has 26 heavy (non-hydrogen) atoms. The Balaban J connectivity index is 1.82. The highest BCUT2D eigenvalue weighted by Crippen LogP contribution is 2.18. The monoisotopic (exact) mass is 365 g/mol. The first kappa shape index (κ1) is 20.0. The molecule has 1 saturated heterocycles. The Morgan fingerprint density at radius 1 is 1.35 bits per heavy atom. The lowest BCUT2D eigenvalue weighted by molar-refractivity contribution is -0.149. The fourth-order valence-corrected chi connectivity index (χ4v) is 2.88. The summed E-state index contributed by atoms with van der Waals surface area (Å²) in [6, 6.07) is 6.08. The van der Waals surface area contributed by atoms with E-state index in [1.54, 1.807) is 12.1 Å². The van der Waals surface area contributed by atoms with Crippen LogP contribution in [0.1, 0.15) is 26.7 Å². The van der Waals surface area contributed by atoms with Crippen molar-refractivity contribution in [2.45, 2.75) is 26.7 Å². The zero-order valence-electron chi connectivity index (χ0n) is 15.5. The summed E-state index contributed by atoms with van der Waals surface area (Å²) in [6.07, 6.45) is 1.53. The Morgan fingerprint density at radius 3 is 2.77 bits per heavy atom. The highest BCUT2D eigenvalue weighted by atomic mass is 19.1. The molecule has 6 nitrogen and oxygen atoms in total. The van der Waals surface area contributed by atoms with E-state index >= 15 is 0 Å². The van der Waals surface area contributed by atoms with Crippen LogP contribution in [-0.4, -0.2) is 56.2 Å². The normalized spacial score (nSPS) is 15.7. The number of piperidine rings is 1. The number of guanidine groups is 1. The molecule has 0 aliphatic carbocycles. The minimum atomic E-state index is -0.316. The number of esters is 1. The summed E-state index contributed by atoms with van der Waals surface area (Å²) in [5.41, 5.74) is 0. The number of hydrogen-bond donors (Lipinski definition) is 1. The second kappa shape index (κ2) is 10.6. The molecule has 0 aromatic heterocycles. The van der Waals surface area contributed by atoms with Gasteiger partial charge in [0.1, 0.15) is 18.2 Å². The van der Waals surface area contributed by atoms with Gasteiger partial charge in [0.2, 0.25) is 0 Å². The Bertz CT molecular complexity index is 601. The summed E-state index contributed by atoms with van der Waals surface area (Å²) >= 11 is 0. The van der Waals surface area contributed by atoms with Gasteiger partial charge in [0, 0.05) is 25.7 Å². The fraction of sp³-hybridized carbons (Fsp3) is 0.579. The smallest absolute Gasteiger partial charge is 0.309 e. The van der Waals surface area contributed by atoms with Crippen molar-refractivity contribution < 1.29 is 18.7 Å². The van der Waals surface area contributed by atoms with Crippen LogP contribution in [0.3, 0.4) is 0 Å². The van der Waals surface area contributed by atoms with Gasteiger partial charge in [-0.2, -0.15) is 0 Å². The number of rotatable bonds is 7. The fourth-order valence-electron chi connectivity index (χ4n) is 2.88. The quantitative estimate of drug-likeness (QED) is 0.348. The van der Waals surface area contributed by atoms with E-state index in [-0.39, 0.29) is 17.7 Å². The van der Waals surface area contributed by atoms with Gasteiger partial charge in [-0.3, -0.25) is 4.79 Å². The summed E-state index contributed by atoms with van der Waals surface area (Å²) in [5.74, 6) is 0.880. The summed E-state index contributed by atoms with van der Waals surface area (Å²) in [6.45, 7) is 7.41. The molecule has 7 heteroatoms. The third-order valence-electron chi connectivity index (χ3n) is 4.17. The molecular formula is C19H28FN3O3. The standard InChI is InChI=1S/C19H28FN3O3/c1-3-21-19(22-10-13-26-17-7-5-6-16(20)14-17)23-11-8-15(9-12-23)18(24)25-4-2/h5-7,14-15H,3-4,8-13H2,1-2H3,(H,21,22). The van der Waals surface area contributed by atoms with Crippen LogP contribution in [0.25, 0.3) is 0 Å². The molecule has 2 rings (SSSR count). The van der Waals surface area contributed by atoms with Crippen LogP contribution < -0.4 is 10.1 Å². The number of nitrogens with one attached hydrogen (secondary N) is 1. The van der Waals surface area contributed by atoms with Crippen molar-refractivity contribution in [3.05, 3.63) is 30.1 Å². The lowest BCUT2D eigenvalue weighted by Gasteiger charge is -2.33. The first-order chi connectivity index (χ1) is 12.6. The third-order valence-corrected chi connectivity index (χ3v) is 4.17. The van der Waals surface area contributed by atoms with Crippen LogP contribution in [0.15, 0.2) is 29.3 Å². The van der Waals surface area contributed by atoms with Crippen LogP contribution in [-0.2, 0) is 9.53 Å². The maximum absolute atomic E-state index is 13.1. The lowest BCUT2D eigenvalue weighted by Crippen LogP contribution is -2.46. The van der Waals surface area contributed by atoms with Crippen molar-refractivity contribution in [2.75, 3.05) is 39.4 Å². The van der Waals surface area contributed by atoms with E-state index in [1.165, 1.54) is 12.1 Å². The second-order valence-electron chi connectivity index (χ2n) is 6.05. The molecule has 0 bridgehead atoms. The molecule has 0 radical (unpaired) electrons. The molecule has 1 aromatic rings. The molecule has 1 heterocycles. The van der Waals surface area contributed by atoms with E-state index in [1.807, 2.05) is 13.8 Å². The van der Waals surface area contributed by atoms with E-state index in [0.717, 1.165) is 38.4 Å². The predicted octanol–water partition coefficient (Wildman–Crippen LogP) is 2.45. The minimum Gasteiger partial charge on any atom is -0.492 e. The number of carbonyl (C=O) groups is 1. The Hall–Kier alpha value is -2.31. The van der Waals surface area contributed by atoms with Gasteiger partial charge in [0.25, 0.3) is 0 Å². The maximum Gasteiger partial charge on any atom is 0.309 e. The summed E-state index contributed by atoms with van der Waals surface area (Å²) in [5, 5.41) is 3.27. The number of halogens is 1. The van der Waals surface area contributed by atoms with Crippen molar-refractivity contribution in [1.82, 2.24) is 10.2 Å². The minimum absolute atomic E-state index is 0.0228. The molecule has 144 valence electrons. The van der Waals surface area contributed by atoms with E-state index in [4.69, 9.17) is 9.47 Å². The molecule has 1 aliphatic rings. The SMILES string of the molecule is CCNC(=NCCOc1cccc(F)c1)N1CCC(C(=O)OCC)CC1. The van der Waals surface area contributed by atoms with Gasteiger partial charge in [-0.25, -0.2) is 9.38 Å². The van der Waals surface area contributed by atoms with Crippen LogP contribution in [0.4, 0.5) is 4.39 Å². The van der Waals surface area contributed by atoms with Gasteiger partial charge in [0.05, 0.1) is 19.1 Å². The average Bonchev–Trinajstić information content (AvgIpc) is 2.65. The van der Waals surface area contributed by atoms with Crippen LogP contribution >= 0.6 is 0 Å². The number of benzene rings is 1. The number of likely N-dealkylation sites (tertiary alicyclic amines) is 1. The van der Waals surface area contributed by atoms with Gasteiger partial charge in [-0.15, -0.1) is 0 Å². The zero-order valence-corrected chi connectivity index (χ0v) is 15.5. The van der Waals surface area contributed by atoms with E-state index in [2.05, 4.69) is 15.2 Å². The molecule has 1 aromatic carbocycles. The predicted molar refractivity (Wildman–Crippen MR) is 98.8 cm³/mol. The van der Waals surface area contributed by atoms with Gasteiger partial charge in [-0.1, -0.05) is 6.07 Å². The van der Waals surface area contributed by atoms with Crippen LogP contribution in [0.2, 0.25) is 0 Å². The van der Waals surface area contributed by atoms with E-state index in [9.17, 15) is 9.18 Å². The Labute approximate surface area is 154 Å². The van der Waals surface area contributed by atoms with Crippen LogP contribution in [0, 0.1) is 11.7 Å². The molecule has 0 spiro atoms. The molecular weight excluding hydrogens is 337 g/mol. The molecule has 1 fully saturated rings. The van der Waals surface area contributed by atoms with Crippen molar-refractivity contribution in [2.24, 2.45) is 10.9 Å². The molecule has 1 aliphatic heterocycles. The van der Waals surface area contributed by atoms with Gasteiger partial charge in [-0.05, 0) is 38.8 Å². The highest BCUT2D eigenvalue weighted by Gasteiger charge is 2.27. The number of ether oxygens (including phenoxy) is 2. The highest BCUT2D eigenvalue weighted by molar-refractivity contribution is 5.80. The first-order valence-electron chi connectivity index (χ1n) is 9.22. The molecule has 0 unspecified atom stereocenters. The number of hydrogen-bond acceptors (Lipinski definition) is 4. The first-order valence-corrected chi connectivity index (χ1v) is 9.22. The van der Waals surface area contributed by atoms with Crippen LogP contribution in [0.5, 0.6) is 5.75 Å². The van der Waals surface area contributed by atoms with Gasteiger partial charge < -0.3 is 19.7 Å². The third kappa shape index (κ3) is 6.20. The van der Waals surface area contributed by atoms with E-state index in [0.29, 0.717) is 25.5 Å². The summed E-state index contributed by atoms with van der Waals surface area (Å²) < 4.78 is 23.8. The second-order valence-corrected chi connectivity index (χ2v) is 6.05. The lowest BCUT2D eigenvalue weighted by atomic mass is 9.97. The van der Waals surface area contributed by atoms with Gasteiger partial charge >= 0.3 is 5.97 Å². The van der Waals surface area contributed by atoms with Crippen molar-refractivity contribution in [3.63, 3.8) is 0 Å². The maximum atomic E-state index is 13.1. The zero-order chi connectivity index (χ0) is 18.8. The molecule has 0 saturated carbocycles. The number of aliphatic imine (C=N–C) groups is 1. The number of nitrogens with zero attached hydrogens (tertiary/aromatic N) is 2. The van der Waals surface area contributed by atoms with Gasteiger partial charge in [0.15, 0.2) is 5.96 Å². The molecule has 0 atom stereocenters. The van der Waals surface area contributed by atoms with Crippen molar-refractivity contribution in [3.8, 4) is 5.75 Å². The van der Waals surface area contributed by atoms with Crippen molar-refractivity contribution >= 4 is 11.9 Å². The molecule has 0 amide bonds. The van der Waals surface area contributed by atoms with Crippen molar-refractivity contribution in [1.29, 1.82) is 0 Å². The van der Waals surface area contributed by atoms with E-state index < -0.39 is 0 Å². The largest absolute Gasteiger partial charge is 0.492 e. The number of carbonyl (C=O) groups excluding carboxylic acids is 1. The average molecular weight is 365 g/mol. The summed E-state index contributed by atoms with van der Waals surface area (Å²) in [7, 11) is 0. The topological polar surface area (TPSA) is 63.2 Å². The summed E-state index contributed by atoms with van der Waals surface area (Å²) in [4.78, 5) is 18.6. The Kier molecular flexibility index (Phi) is 8.18. The molecule has 1 N–H and O–H groups in total. The Morgan fingerprint density at radius 2 is 2.12 bits per heavy atom.